The summed E-state index contributed by atoms with van der Waals surface area (Å²) in [6, 6.07) is 4.84. The fourth-order valence-electron chi connectivity index (χ4n) is 1.09. The maximum Gasteiger partial charge on any atom is 0.161 e. The Balaban J connectivity index is 2.75. The number of benzene rings is 1. The summed E-state index contributed by atoms with van der Waals surface area (Å²) in [5.74, 6) is 2.37. The number of nitrogens with one attached hydrogen (secondary N) is 1. The van der Waals surface area contributed by atoms with Crippen molar-refractivity contribution in [3.63, 3.8) is 0 Å². The van der Waals surface area contributed by atoms with Gasteiger partial charge in [-0.15, -0.1) is 6.42 Å². The van der Waals surface area contributed by atoms with Crippen LogP contribution in [-0.2, 0) is 6.54 Å². The average Bonchev–Trinajstić information content (AvgIpc) is 2.20. The van der Waals surface area contributed by atoms with Gasteiger partial charge in [0.25, 0.3) is 0 Å². The van der Waals surface area contributed by atoms with E-state index in [1.165, 1.54) is 6.07 Å². The lowest BCUT2D eigenvalue weighted by Crippen LogP contribution is -2.36. The highest BCUT2D eigenvalue weighted by molar-refractivity contribution is 5.44. The monoisotopic (exact) mass is 205 g/mol. The summed E-state index contributed by atoms with van der Waals surface area (Å²) in [4.78, 5) is 0. The second kappa shape index (κ2) is 4.24. The van der Waals surface area contributed by atoms with Gasteiger partial charge in [-0.1, -0.05) is 18.1 Å². The first kappa shape index (κ1) is 11.4. The van der Waals surface area contributed by atoms with Gasteiger partial charge in [-0.2, -0.15) is 0 Å². The van der Waals surface area contributed by atoms with Crippen molar-refractivity contribution in [3.05, 3.63) is 23.8 Å². The summed E-state index contributed by atoms with van der Waals surface area (Å²) >= 11 is 0. The predicted molar refractivity (Wildman–Crippen MR) is 59.5 cm³/mol. The molecule has 0 radical (unpaired) electrons. The molecule has 1 aromatic rings. The van der Waals surface area contributed by atoms with E-state index in [0.29, 0.717) is 12.1 Å². The number of hydrogen-bond donors (Lipinski definition) is 3. The van der Waals surface area contributed by atoms with E-state index in [1.54, 1.807) is 12.1 Å². The molecule has 3 N–H and O–H groups in total. The van der Waals surface area contributed by atoms with Gasteiger partial charge in [0, 0.05) is 12.1 Å². The van der Waals surface area contributed by atoms with E-state index in [9.17, 15) is 10.2 Å². The van der Waals surface area contributed by atoms with Crippen LogP contribution >= 0.6 is 0 Å². The van der Waals surface area contributed by atoms with Gasteiger partial charge in [0.05, 0.1) is 5.54 Å². The molecule has 3 nitrogen and oxygen atoms in total. The number of rotatable bonds is 3. The van der Waals surface area contributed by atoms with Gasteiger partial charge >= 0.3 is 0 Å². The van der Waals surface area contributed by atoms with Crippen molar-refractivity contribution >= 4 is 0 Å². The number of phenols is 2. The van der Waals surface area contributed by atoms with Gasteiger partial charge < -0.3 is 10.2 Å². The largest absolute Gasteiger partial charge is 0.504 e. The van der Waals surface area contributed by atoms with Crippen LogP contribution in [-0.4, -0.2) is 15.8 Å². The summed E-state index contributed by atoms with van der Waals surface area (Å²) in [5.41, 5.74) is 0.191. The van der Waals surface area contributed by atoms with Gasteiger partial charge in [0.2, 0.25) is 0 Å². The van der Waals surface area contributed by atoms with Gasteiger partial charge in [0.15, 0.2) is 11.5 Å². The molecule has 0 aliphatic carbocycles. The Labute approximate surface area is 89.8 Å². The Bertz CT molecular complexity index is 391. The first-order chi connectivity index (χ1) is 6.96. The lowest BCUT2D eigenvalue weighted by Gasteiger charge is -2.20. The van der Waals surface area contributed by atoms with Gasteiger partial charge in [-0.25, -0.2) is 0 Å². The summed E-state index contributed by atoms with van der Waals surface area (Å²) in [5, 5.41) is 21.9. The third-order valence-electron chi connectivity index (χ3n) is 2.18. The van der Waals surface area contributed by atoms with Crippen LogP contribution in [0.1, 0.15) is 19.4 Å². The van der Waals surface area contributed by atoms with E-state index in [2.05, 4.69) is 11.2 Å². The second-order valence-corrected chi connectivity index (χ2v) is 3.91. The number of terminal acetylenes is 1. The van der Waals surface area contributed by atoms with Crippen LogP contribution in [0.3, 0.4) is 0 Å². The Hall–Kier alpha value is -1.66. The lowest BCUT2D eigenvalue weighted by atomic mass is 10.1. The molecular weight excluding hydrogens is 190 g/mol. The van der Waals surface area contributed by atoms with Crippen LogP contribution in [0.5, 0.6) is 11.5 Å². The molecule has 0 aliphatic rings. The number of phenolic OH excluding ortho intramolecular Hbond substituents is 2. The molecule has 0 heterocycles. The van der Waals surface area contributed by atoms with Crippen molar-refractivity contribution in [1.82, 2.24) is 5.32 Å². The van der Waals surface area contributed by atoms with E-state index in [1.807, 2.05) is 13.8 Å². The number of aromatic hydroxyl groups is 2. The van der Waals surface area contributed by atoms with Crippen LogP contribution in [0.4, 0.5) is 0 Å². The fourth-order valence-corrected chi connectivity index (χ4v) is 1.09. The standard InChI is InChI=1S/C12H15NO2/c1-4-12(2,3)13-8-9-6-5-7-10(14)11(9)15/h1,5-7,13-15H,8H2,2-3H3. The maximum atomic E-state index is 9.53. The van der Waals surface area contributed by atoms with E-state index >= 15 is 0 Å². The third kappa shape index (κ3) is 2.90. The fraction of sp³-hybridized carbons (Fsp3) is 0.333. The Kier molecular flexibility index (Phi) is 3.23. The van der Waals surface area contributed by atoms with Crippen LogP contribution in [0, 0.1) is 12.3 Å². The number of para-hydroxylation sites is 1. The van der Waals surface area contributed by atoms with Gasteiger partial charge in [-0.3, -0.25) is 5.32 Å². The molecule has 0 aromatic heterocycles. The topological polar surface area (TPSA) is 52.5 Å². The minimum absolute atomic E-state index is 0.0992. The first-order valence-corrected chi connectivity index (χ1v) is 4.69. The molecule has 15 heavy (non-hydrogen) atoms. The normalized spacial score (nSPS) is 11.0. The molecule has 1 aromatic carbocycles. The Morgan fingerprint density at radius 2 is 2.07 bits per heavy atom. The molecule has 0 bridgehead atoms. The Morgan fingerprint density at radius 1 is 1.40 bits per heavy atom. The van der Waals surface area contributed by atoms with Crippen LogP contribution in [0.25, 0.3) is 0 Å². The quantitative estimate of drug-likeness (QED) is 0.519. The zero-order valence-corrected chi connectivity index (χ0v) is 8.91. The summed E-state index contributed by atoms with van der Waals surface area (Å²) in [7, 11) is 0. The zero-order chi connectivity index (χ0) is 11.5. The van der Waals surface area contributed by atoms with Crippen molar-refractivity contribution in [2.75, 3.05) is 0 Å². The molecule has 1 rings (SSSR count). The highest BCUT2D eigenvalue weighted by Gasteiger charge is 2.14. The molecule has 0 unspecified atom stereocenters. The van der Waals surface area contributed by atoms with E-state index in [-0.39, 0.29) is 11.5 Å². The van der Waals surface area contributed by atoms with Crippen molar-refractivity contribution in [1.29, 1.82) is 0 Å². The maximum absolute atomic E-state index is 9.53. The van der Waals surface area contributed by atoms with Crippen molar-refractivity contribution in [2.24, 2.45) is 0 Å². The molecule has 0 fully saturated rings. The minimum atomic E-state index is -0.433. The highest BCUT2D eigenvalue weighted by atomic mass is 16.3. The van der Waals surface area contributed by atoms with Crippen molar-refractivity contribution < 1.29 is 10.2 Å². The molecule has 80 valence electrons. The first-order valence-electron chi connectivity index (χ1n) is 4.69. The van der Waals surface area contributed by atoms with E-state index in [0.717, 1.165) is 0 Å². The summed E-state index contributed by atoms with van der Waals surface area (Å²) in [6.07, 6.45) is 5.31. The van der Waals surface area contributed by atoms with Crippen LogP contribution < -0.4 is 5.32 Å². The van der Waals surface area contributed by atoms with Gasteiger partial charge in [0.1, 0.15) is 0 Å². The molecule has 0 atom stereocenters. The van der Waals surface area contributed by atoms with Crippen LogP contribution in [0.2, 0.25) is 0 Å². The zero-order valence-electron chi connectivity index (χ0n) is 8.91. The van der Waals surface area contributed by atoms with Crippen LogP contribution in [0.15, 0.2) is 18.2 Å². The molecule has 0 aliphatic heterocycles. The van der Waals surface area contributed by atoms with Gasteiger partial charge in [-0.05, 0) is 19.9 Å². The molecule has 0 saturated heterocycles. The summed E-state index contributed by atoms with van der Waals surface area (Å²) < 4.78 is 0. The second-order valence-electron chi connectivity index (χ2n) is 3.91. The molecule has 0 saturated carbocycles. The lowest BCUT2D eigenvalue weighted by molar-refractivity contribution is 0.394. The Morgan fingerprint density at radius 3 is 2.67 bits per heavy atom. The molecule has 0 amide bonds. The highest BCUT2D eigenvalue weighted by Crippen LogP contribution is 2.28. The van der Waals surface area contributed by atoms with Crippen molar-refractivity contribution in [2.45, 2.75) is 25.9 Å². The summed E-state index contributed by atoms with van der Waals surface area (Å²) in [6.45, 7) is 4.15. The molecule has 3 heteroatoms. The number of hydrogen-bond acceptors (Lipinski definition) is 3. The SMILES string of the molecule is C#CC(C)(C)NCc1cccc(O)c1O. The predicted octanol–water partition coefficient (Wildman–Crippen LogP) is 1.60. The minimum Gasteiger partial charge on any atom is -0.504 e. The molecular formula is C12H15NO2. The smallest absolute Gasteiger partial charge is 0.161 e. The van der Waals surface area contributed by atoms with E-state index in [4.69, 9.17) is 6.42 Å². The molecule has 0 spiro atoms. The van der Waals surface area contributed by atoms with Crippen molar-refractivity contribution in [3.8, 4) is 23.8 Å². The average molecular weight is 205 g/mol. The van der Waals surface area contributed by atoms with E-state index < -0.39 is 5.54 Å². The third-order valence-corrected chi connectivity index (χ3v) is 2.18.